The molecule has 1 aromatic rings. The lowest BCUT2D eigenvalue weighted by Gasteiger charge is -2.22. The minimum atomic E-state index is -5.63. The number of nitrogens with two attached hydrogens (primary N) is 1. The zero-order valence-electron chi connectivity index (χ0n) is 14.8. The Labute approximate surface area is 166 Å². The first kappa shape index (κ1) is 24.9. The molecule has 1 aliphatic rings. The maximum Gasteiger partial charge on any atom is 0.490 e. The van der Waals surface area contributed by atoms with Gasteiger partial charge in [-0.15, -0.1) is 0 Å². The summed E-state index contributed by atoms with van der Waals surface area (Å²) in [5.74, 6) is -1.14. The Morgan fingerprint density at radius 3 is 2.47 bits per heavy atom. The number of hydrogen-bond acceptors (Lipinski definition) is 12. The van der Waals surface area contributed by atoms with E-state index >= 15 is 0 Å². The highest BCUT2D eigenvalue weighted by Crippen LogP contribution is 2.68. The third kappa shape index (κ3) is 6.34. The second-order valence-electron chi connectivity index (χ2n) is 5.47. The van der Waals surface area contributed by atoms with Crippen molar-refractivity contribution in [2.45, 2.75) is 25.0 Å². The van der Waals surface area contributed by atoms with E-state index < -0.39 is 65.7 Å². The lowest BCUT2D eigenvalue weighted by atomic mass is 10.2. The molecule has 1 aliphatic heterocycles. The van der Waals surface area contributed by atoms with Gasteiger partial charge in [-0.25, -0.2) is 18.7 Å². The number of hydrogen-bond donors (Lipinski definition) is 5. The summed E-state index contributed by atoms with van der Waals surface area (Å²) >= 11 is 0. The zero-order valence-corrected chi connectivity index (χ0v) is 17.5. The molecule has 0 bridgehead atoms. The first-order valence-corrected chi connectivity index (χ1v) is 12.0. The Hall–Kier alpha value is -1.32. The van der Waals surface area contributed by atoms with Crippen LogP contribution in [0.3, 0.4) is 0 Å². The van der Waals surface area contributed by atoms with Crippen molar-refractivity contribution < 1.29 is 60.7 Å². The molecule has 1 fully saturated rings. The molecular weight excluding hydrogens is 479 g/mol. The van der Waals surface area contributed by atoms with Crippen LogP contribution in [0.4, 0.5) is 0 Å². The van der Waals surface area contributed by atoms with Gasteiger partial charge in [0, 0.05) is 25.9 Å². The van der Waals surface area contributed by atoms with Crippen LogP contribution in [-0.2, 0) is 36.1 Å². The number of ether oxygens (including phenoxy) is 1. The Morgan fingerprint density at radius 1 is 1.30 bits per heavy atom. The molecule has 1 saturated heterocycles. The van der Waals surface area contributed by atoms with Gasteiger partial charge in [0.15, 0.2) is 18.2 Å². The second-order valence-corrected chi connectivity index (χ2v) is 10.2. The third-order valence-corrected chi connectivity index (χ3v) is 7.56. The van der Waals surface area contributed by atoms with Crippen molar-refractivity contribution in [2.75, 3.05) is 7.11 Å². The molecule has 0 aliphatic carbocycles. The van der Waals surface area contributed by atoms with E-state index in [1.807, 2.05) is 0 Å². The van der Waals surface area contributed by atoms with E-state index in [4.69, 9.17) is 24.8 Å². The number of primary amides is 1. The van der Waals surface area contributed by atoms with Gasteiger partial charge in [0.2, 0.25) is 0 Å². The van der Waals surface area contributed by atoms with E-state index in [0.29, 0.717) is 7.11 Å². The number of aromatic nitrogens is 2. The highest BCUT2D eigenvalue weighted by atomic mass is 31.3. The molecule has 0 spiro atoms. The summed E-state index contributed by atoms with van der Waals surface area (Å²) in [6.45, 7) is 0. The topological polar surface area (TPSA) is 256 Å². The van der Waals surface area contributed by atoms with Crippen molar-refractivity contribution in [3.05, 3.63) is 28.4 Å². The SMILES string of the molecule is COP(=O)(O[C@H]1C[C@@H](O)[C@H](n2ccnc(C(N)=O)c2=O)O1)OP(=O)(O)OP(=O)(O)O. The molecule has 20 heteroatoms. The largest absolute Gasteiger partial charge is 0.490 e. The van der Waals surface area contributed by atoms with Gasteiger partial charge >= 0.3 is 23.5 Å². The highest BCUT2D eigenvalue weighted by molar-refractivity contribution is 7.66. The predicted octanol–water partition coefficient (Wildman–Crippen LogP) is -1.05. The van der Waals surface area contributed by atoms with Crippen LogP contribution in [0, 0.1) is 0 Å². The molecule has 6 N–H and O–H groups in total. The maximum atomic E-state index is 12.4. The molecule has 170 valence electrons. The van der Waals surface area contributed by atoms with E-state index in [2.05, 4.69) is 18.1 Å². The second kappa shape index (κ2) is 9.04. The molecule has 30 heavy (non-hydrogen) atoms. The Bertz CT molecular complexity index is 1010. The van der Waals surface area contributed by atoms with Crippen molar-refractivity contribution in [2.24, 2.45) is 5.73 Å². The number of phosphoric ester groups is 1. The van der Waals surface area contributed by atoms with Crippen LogP contribution < -0.4 is 11.3 Å². The average molecular weight is 495 g/mol. The normalized spacial score (nSPS) is 26.1. The molecule has 0 radical (unpaired) electrons. The molecule has 1 aromatic heterocycles. The van der Waals surface area contributed by atoms with Crippen LogP contribution in [0.1, 0.15) is 23.1 Å². The van der Waals surface area contributed by atoms with Crippen LogP contribution in [0.2, 0.25) is 0 Å². The molecule has 1 amide bonds. The van der Waals surface area contributed by atoms with Gasteiger partial charge < -0.3 is 30.3 Å². The minimum absolute atomic E-state index is 0.475. The number of nitrogens with zero attached hydrogens (tertiary/aromatic N) is 2. The molecule has 2 heterocycles. The summed E-state index contributed by atoms with van der Waals surface area (Å²) in [4.78, 5) is 53.4. The number of phosphoric acid groups is 3. The zero-order chi connectivity index (χ0) is 22.9. The summed E-state index contributed by atoms with van der Waals surface area (Å²) < 4.78 is 57.2. The fraction of sp³-hybridized carbons (Fsp3) is 0.500. The molecule has 2 rings (SSSR count). The van der Waals surface area contributed by atoms with Gasteiger partial charge in [0.25, 0.3) is 11.5 Å². The van der Waals surface area contributed by atoms with Crippen LogP contribution in [0.5, 0.6) is 0 Å². The van der Waals surface area contributed by atoms with Crippen LogP contribution in [-0.4, -0.2) is 54.7 Å². The monoisotopic (exact) mass is 495 g/mol. The number of rotatable bonds is 9. The van der Waals surface area contributed by atoms with Gasteiger partial charge in [-0.3, -0.25) is 23.2 Å². The third-order valence-electron chi connectivity index (χ3n) is 3.31. The quantitative estimate of drug-likeness (QED) is 0.256. The summed E-state index contributed by atoms with van der Waals surface area (Å²) in [6.07, 6.45) is -3.03. The Kier molecular flexibility index (Phi) is 7.52. The van der Waals surface area contributed by atoms with Crippen LogP contribution in [0.25, 0.3) is 0 Å². The summed E-state index contributed by atoms with van der Waals surface area (Å²) in [6, 6.07) is 0. The van der Waals surface area contributed by atoms with Gasteiger partial charge in [0.05, 0.1) is 0 Å². The van der Waals surface area contributed by atoms with E-state index in [1.54, 1.807) is 0 Å². The van der Waals surface area contributed by atoms with Crippen molar-refractivity contribution in [3.63, 3.8) is 0 Å². The summed E-state index contributed by atoms with van der Waals surface area (Å²) in [7, 11) is -15.5. The van der Waals surface area contributed by atoms with Crippen LogP contribution >= 0.6 is 23.5 Å². The average Bonchev–Trinajstić information content (AvgIpc) is 2.91. The van der Waals surface area contributed by atoms with Gasteiger partial charge in [-0.2, -0.15) is 8.62 Å². The number of amides is 1. The molecule has 2 unspecified atom stereocenters. The Morgan fingerprint density at radius 2 is 1.93 bits per heavy atom. The molecule has 17 nitrogen and oxygen atoms in total. The molecule has 0 aromatic carbocycles. The van der Waals surface area contributed by atoms with E-state index in [1.165, 1.54) is 0 Å². The fourth-order valence-corrected chi connectivity index (χ4v) is 5.65. The standard InChI is InChI=1S/C10H16N3O14P3/c1-23-30(22,27-29(20,21)26-28(17,18)19)25-6-4-5(14)10(24-6)13-3-2-12-7(8(11)15)9(13)16/h2-3,5-6,10,14H,4H2,1H3,(H2,11,15)(H,20,21)(H2,17,18,19)/t5-,6+,10-,30?/m1/s1. The van der Waals surface area contributed by atoms with E-state index in [9.17, 15) is 33.3 Å². The molecule has 5 atom stereocenters. The number of carbonyl (C=O) groups is 1. The summed E-state index contributed by atoms with van der Waals surface area (Å²) in [5.41, 5.74) is 3.35. The van der Waals surface area contributed by atoms with Crippen LogP contribution in [0.15, 0.2) is 17.2 Å². The smallest absolute Gasteiger partial charge is 0.388 e. The number of aliphatic hydroxyl groups is 1. The lowest BCUT2D eigenvalue weighted by molar-refractivity contribution is -0.117. The first-order valence-electron chi connectivity index (χ1n) is 7.52. The molecular formula is C10H16N3O14P3. The van der Waals surface area contributed by atoms with Crippen molar-refractivity contribution >= 4 is 29.4 Å². The summed E-state index contributed by atoms with van der Waals surface area (Å²) in [5, 5.41) is 10.1. The van der Waals surface area contributed by atoms with Crippen molar-refractivity contribution in [1.29, 1.82) is 0 Å². The molecule has 0 saturated carbocycles. The highest BCUT2D eigenvalue weighted by Gasteiger charge is 2.46. The number of aliphatic hydroxyl groups excluding tert-OH is 1. The number of carbonyl (C=O) groups excluding carboxylic acids is 1. The Balaban J connectivity index is 2.19. The van der Waals surface area contributed by atoms with Crippen molar-refractivity contribution in [3.8, 4) is 0 Å². The van der Waals surface area contributed by atoms with Gasteiger partial charge in [-0.05, 0) is 0 Å². The first-order chi connectivity index (χ1) is 13.7. The van der Waals surface area contributed by atoms with Gasteiger partial charge in [-0.1, -0.05) is 0 Å². The van der Waals surface area contributed by atoms with E-state index in [0.717, 1.165) is 17.0 Å². The van der Waals surface area contributed by atoms with Gasteiger partial charge in [0.1, 0.15) is 6.10 Å². The maximum absolute atomic E-state index is 12.4. The lowest BCUT2D eigenvalue weighted by Crippen LogP contribution is -2.35. The predicted molar refractivity (Wildman–Crippen MR) is 91.3 cm³/mol. The minimum Gasteiger partial charge on any atom is -0.388 e. The van der Waals surface area contributed by atoms with E-state index in [-0.39, 0.29) is 0 Å². The fourth-order valence-electron chi connectivity index (χ4n) is 2.24. The van der Waals surface area contributed by atoms with Crippen molar-refractivity contribution in [1.82, 2.24) is 9.55 Å².